The Morgan fingerprint density at radius 1 is 0.492 bits per heavy atom. The maximum absolute atomic E-state index is 13.1. The van der Waals surface area contributed by atoms with Gasteiger partial charge in [-0.15, -0.1) is 0 Å². The fourth-order valence-electron chi connectivity index (χ4n) is 8.04. The van der Waals surface area contributed by atoms with Crippen molar-refractivity contribution in [3.05, 3.63) is 150 Å². The number of aromatic amines is 2. The molecule has 4 aromatic carbocycles. The molecule has 2 aliphatic rings. The van der Waals surface area contributed by atoms with Crippen LogP contribution in [-0.2, 0) is 9.59 Å². The summed E-state index contributed by atoms with van der Waals surface area (Å²) in [5.41, 5.74) is 13.1. The predicted octanol–water partition coefficient (Wildman–Crippen LogP) is 9.28. The Morgan fingerprint density at radius 3 is 1.25 bits per heavy atom. The van der Waals surface area contributed by atoms with Gasteiger partial charge in [-0.2, -0.15) is 0 Å². The van der Waals surface area contributed by atoms with E-state index >= 15 is 0 Å². The molecule has 0 spiro atoms. The third kappa shape index (κ3) is 8.58. The van der Waals surface area contributed by atoms with E-state index in [1.165, 1.54) is 0 Å². The lowest BCUT2D eigenvalue weighted by Gasteiger charge is -2.09. The van der Waals surface area contributed by atoms with Crippen LogP contribution in [0.4, 0.5) is 0 Å². The number of aliphatic carboxylic acids is 1. The van der Waals surface area contributed by atoms with Crippen LogP contribution in [0.15, 0.2) is 121 Å². The first-order valence-electron chi connectivity index (χ1n) is 20.7. The van der Waals surface area contributed by atoms with E-state index in [9.17, 15) is 14.4 Å². The molecule has 0 unspecified atom stereocenters. The van der Waals surface area contributed by atoms with E-state index in [4.69, 9.17) is 29.3 Å². The normalized spacial score (nSPS) is 11.6. The SMILES string of the molecule is COc1cccc(-c2c3nc(c(-c4cccc(OC)c4)c4ccc([nH]4)c(-c4cccc(OC)c4)c4nc(c(-c5ccc(C(=O)NCC(=O)NCC(=O)O)cc5)c5ccc2[nH]5)C=C4)C=C3)c1. The number of nitrogens with zero attached hydrogens (tertiary/aromatic N) is 2. The Bertz CT molecular complexity index is 3210. The summed E-state index contributed by atoms with van der Waals surface area (Å²) in [5.74, 6) is -0.193. The van der Waals surface area contributed by atoms with Gasteiger partial charge in [0, 0.05) is 49.9 Å². The molecule has 13 heteroatoms. The molecule has 2 aliphatic heterocycles. The molecule has 8 bridgehead atoms. The van der Waals surface area contributed by atoms with E-state index in [1.54, 1.807) is 33.5 Å². The van der Waals surface area contributed by atoms with Crippen LogP contribution in [0.25, 0.3) is 90.9 Å². The van der Waals surface area contributed by atoms with E-state index in [2.05, 4.69) is 32.7 Å². The third-order valence-corrected chi connectivity index (χ3v) is 11.1. The van der Waals surface area contributed by atoms with Crippen molar-refractivity contribution >= 4 is 64.2 Å². The molecule has 322 valence electrons. The van der Waals surface area contributed by atoms with Crippen LogP contribution in [0.3, 0.4) is 0 Å². The van der Waals surface area contributed by atoms with Gasteiger partial charge in [0.1, 0.15) is 23.8 Å². The Hall–Kier alpha value is -8.71. The smallest absolute Gasteiger partial charge is 0.322 e. The Morgan fingerprint density at radius 2 is 0.877 bits per heavy atom. The quantitative estimate of drug-likeness (QED) is 0.0800. The van der Waals surface area contributed by atoms with Crippen molar-refractivity contribution in [1.29, 1.82) is 0 Å². The number of benzene rings is 4. The van der Waals surface area contributed by atoms with Gasteiger partial charge < -0.3 is 39.9 Å². The number of aromatic nitrogens is 4. The van der Waals surface area contributed by atoms with E-state index in [-0.39, 0.29) is 6.54 Å². The highest BCUT2D eigenvalue weighted by atomic mass is 16.5. The minimum Gasteiger partial charge on any atom is -0.497 e. The van der Waals surface area contributed by atoms with Crippen LogP contribution < -0.4 is 24.8 Å². The van der Waals surface area contributed by atoms with Gasteiger partial charge in [0.2, 0.25) is 5.91 Å². The molecule has 0 radical (unpaired) electrons. The standard InChI is InChI=1S/C52H42N6O7/c1-63-35-10-4-7-32(25-35)49-40-19-17-38(55-40)48(30-13-15-31(16-14-30)52(62)54-28-46(59)53-29-47(60)61)39-18-20-41(56-39)50(33-8-5-11-36(26-33)64-2)43-22-24-45(58-43)51(44-23-21-42(49)57-44)34-9-6-12-37(27-34)65-3/h4-27,55,58H,28-29H2,1-3H3,(H,53,59)(H,54,62)(H,60,61). The van der Waals surface area contributed by atoms with Gasteiger partial charge in [-0.1, -0.05) is 48.5 Å². The molecule has 7 aromatic rings. The highest BCUT2D eigenvalue weighted by Crippen LogP contribution is 2.40. The predicted molar refractivity (Wildman–Crippen MR) is 253 cm³/mol. The van der Waals surface area contributed by atoms with Crippen LogP contribution in [0.1, 0.15) is 33.1 Å². The number of fused-ring (bicyclic) bond motifs is 8. The number of carbonyl (C=O) groups excluding carboxylic acids is 2. The first kappa shape index (κ1) is 41.6. The van der Waals surface area contributed by atoms with Gasteiger partial charge in [-0.25, -0.2) is 9.97 Å². The lowest BCUT2D eigenvalue weighted by molar-refractivity contribution is -0.137. The van der Waals surface area contributed by atoms with E-state index in [1.807, 2.05) is 121 Å². The third-order valence-electron chi connectivity index (χ3n) is 11.1. The molecule has 9 rings (SSSR count). The average molecular weight is 863 g/mol. The number of nitrogens with one attached hydrogen (secondary N) is 4. The van der Waals surface area contributed by atoms with Gasteiger partial charge >= 0.3 is 5.97 Å². The number of hydrogen-bond donors (Lipinski definition) is 5. The molecule has 0 fully saturated rings. The second-order valence-electron chi connectivity index (χ2n) is 15.1. The molecule has 2 amide bonds. The first-order chi connectivity index (χ1) is 31.7. The van der Waals surface area contributed by atoms with Crippen molar-refractivity contribution in [2.75, 3.05) is 34.4 Å². The number of carboxylic acids is 1. The minimum atomic E-state index is -1.18. The molecule has 0 aliphatic carbocycles. The molecule has 5 N–H and O–H groups in total. The summed E-state index contributed by atoms with van der Waals surface area (Å²) in [7, 11) is 4.94. The zero-order valence-corrected chi connectivity index (χ0v) is 35.6. The maximum Gasteiger partial charge on any atom is 0.322 e. The topological polar surface area (TPSA) is 181 Å². The number of carboxylic acid groups (broad SMARTS) is 1. The molecule has 0 saturated heterocycles. The summed E-state index contributed by atoms with van der Waals surface area (Å²) in [6, 6.07) is 38.8. The number of amides is 2. The summed E-state index contributed by atoms with van der Waals surface area (Å²) in [5, 5.41) is 13.7. The number of H-pyrrole nitrogens is 2. The molecule has 3 aromatic heterocycles. The Kier molecular flexibility index (Phi) is 11.5. The molecular weight excluding hydrogens is 821 g/mol. The van der Waals surface area contributed by atoms with Crippen LogP contribution >= 0.6 is 0 Å². The summed E-state index contributed by atoms with van der Waals surface area (Å²) < 4.78 is 17.1. The molecule has 13 nitrogen and oxygen atoms in total. The molecule has 0 saturated carbocycles. The van der Waals surface area contributed by atoms with E-state index in [0.717, 1.165) is 78.0 Å². The lowest BCUT2D eigenvalue weighted by atomic mass is 10.0. The number of ether oxygens (including phenoxy) is 3. The van der Waals surface area contributed by atoms with Crippen molar-refractivity contribution in [2.24, 2.45) is 0 Å². The molecule has 0 atom stereocenters. The van der Waals surface area contributed by atoms with Crippen LogP contribution in [0.2, 0.25) is 0 Å². The monoisotopic (exact) mass is 862 g/mol. The summed E-state index contributed by atoms with van der Waals surface area (Å²) in [4.78, 5) is 54.3. The Balaban J connectivity index is 1.32. The summed E-state index contributed by atoms with van der Waals surface area (Å²) >= 11 is 0. The van der Waals surface area contributed by atoms with Gasteiger partial charge in [0.25, 0.3) is 5.91 Å². The van der Waals surface area contributed by atoms with Crippen molar-refractivity contribution in [2.45, 2.75) is 0 Å². The number of methoxy groups -OCH3 is 3. The summed E-state index contributed by atoms with van der Waals surface area (Å²) in [6.45, 7) is -0.922. The lowest BCUT2D eigenvalue weighted by Crippen LogP contribution is -2.39. The largest absolute Gasteiger partial charge is 0.497 e. The second-order valence-corrected chi connectivity index (χ2v) is 15.1. The van der Waals surface area contributed by atoms with Crippen LogP contribution in [0.5, 0.6) is 17.2 Å². The zero-order chi connectivity index (χ0) is 45.0. The maximum atomic E-state index is 13.1. The fraction of sp³-hybridized carbons (Fsp3) is 0.0962. The van der Waals surface area contributed by atoms with Crippen molar-refractivity contribution in [3.8, 4) is 61.8 Å². The number of hydrogen-bond acceptors (Lipinski definition) is 8. The highest BCUT2D eigenvalue weighted by Gasteiger charge is 2.20. The van der Waals surface area contributed by atoms with Gasteiger partial charge in [-0.3, -0.25) is 14.4 Å². The average Bonchev–Trinajstić information content (AvgIpc) is 4.19. The van der Waals surface area contributed by atoms with Crippen LogP contribution in [0, 0.1) is 0 Å². The van der Waals surface area contributed by atoms with Crippen molar-refractivity contribution in [3.63, 3.8) is 0 Å². The van der Waals surface area contributed by atoms with Gasteiger partial charge in [-0.05, 0) is 119 Å². The highest BCUT2D eigenvalue weighted by molar-refractivity contribution is 6.01. The van der Waals surface area contributed by atoms with Gasteiger partial charge in [0.15, 0.2) is 0 Å². The van der Waals surface area contributed by atoms with E-state index < -0.39 is 24.3 Å². The fourth-order valence-corrected chi connectivity index (χ4v) is 8.04. The van der Waals surface area contributed by atoms with E-state index in [0.29, 0.717) is 34.2 Å². The molecule has 65 heavy (non-hydrogen) atoms. The van der Waals surface area contributed by atoms with Crippen molar-refractivity contribution in [1.82, 2.24) is 30.6 Å². The van der Waals surface area contributed by atoms with Crippen molar-refractivity contribution < 1.29 is 33.7 Å². The number of rotatable bonds is 12. The Labute approximate surface area is 373 Å². The zero-order valence-electron chi connectivity index (χ0n) is 35.6. The van der Waals surface area contributed by atoms with Gasteiger partial charge in [0.05, 0.1) is 50.6 Å². The van der Waals surface area contributed by atoms with Crippen LogP contribution in [-0.4, -0.2) is 77.2 Å². The summed E-state index contributed by atoms with van der Waals surface area (Å²) in [6.07, 6.45) is 8.03. The molecule has 5 heterocycles. The first-order valence-corrected chi connectivity index (χ1v) is 20.7. The second kappa shape index (κ2) is 17.9. The molecular formula is C52H42N6O7. The minimum absolute atomic E-state index is 0.310. The number of carbonyl (C=O) groups is 3.